The lowest BCUT2D eigenvalue weighted by molar-refractivity contribution is -0.131. The second kappa shape index (κ2) is 5.26. The van der Waals surface area contributed by atoms with Gasteiger partial charge in [0.15, 0.2) is 5.82 Å². The van der Waals surface area contributed by atoms with Gasteiger partial charge < -0.3 is 9.42 Å². The molecule has 1 unspecified atom stereocenters. The van der Waals surface area contributed by atoms with E-state index < -0.39 is 0 Å². The standard InChI is InChI=1S/C15H17N3O2S/c19-13(9-11-3-2-8-21-11)18-7-1-4-12(18)15-16-14(17-20-15)10-5-6-10/h2-3,8,10,12H,1,4-7,9H2. The highest BCUT2D eigenvalue weighted by atomic mass is 32.1. The number of hydrogen-bond donors (Lipinski definition) is 0. The van der Waals surface area contributed by atoms with Gasteiger partial charge in [0.2, 0.25) is 11.8 Å². The van der Waals surface area contributed by atoms with E-state index in [4.69, 9.17) is 4.52 Å². The van der Waals surface area contributed by atoms with Gasteiger partial charge in [-0.3, -0.25) is 4.79 Å². The maximum absolute atomic E-state index is 12.5. The highest BCUT2D eigenvalue weighted by Gasteiger charge is 2.36. The van der Waals surface area contributed by atoms with E-state index in [0.717, 1.165) is 42.9 Å². The predicted molar refractivity (Wildman–Crippen MR) is 78.0 cm³/mol. The maximum atomic E-state index is 12.5. The largest absolute Gasteiger partial charge is 0.337 e. The van der Waals surface area contributed by atoms with Crippen molar-refractivity contribution in [2.75, 3.05) is 6.54 Å². The number of carbonyl (C=O) groups excluding carboxylic acids is 1. The molecule has 21 heavy (non-hydrogen) atoms. The van der Waals surface area contributed by atoms with Crippen LogP contribution in [-0.4, -0.2) is 27.5 Å². The number of carbonyl (C=O) groups is 1. The van der Waals surface area contributed by atoms with Crippen LogP contribution in [0.2, 0.25) is 0 Å². The highest BCUT2D eigenvalue weighted by Crippen LogP contribution is 2.39. The van der Waals surface area contributed by atoms with E-state index >= 15 is 0 Å². The van der Waals surface area contributed by atoms with Crippen LogP contribution in [0.25, 0.3) is 0 Å². The Hall–Kier alpha value is -1.69. The smallest absolute Gasteiger partial charge is 0.249 e. The maximum Gasteiger partial charge on any atom is 0.249 e. The molecule has 1 aliphatic carbocycles. The van der Waals surface area contributed by atoms with Gasteiger partial charge in [-0.15, -0.1) is 11.3 Å². The summed E-state index contributed by atoms with van der Waals surface area (Å²) < 4.78 is 5.41. The van der Waals surface area contributed by atoms with Gasteiger partial charge in [-0.25, -0.2) is 0 Å². The van der Waals surface area contributed by atoms with E-state index in [1.165, 1.54) is 0 Å². The van der Waals surface area contributed by atoms with Gasteiger partial charge >= 0.3 is 0 Å². The molecule has 1 amide bonds. The van der Waals surface area contributed by atoms with Crippen molar-refractivity contribution in [2.24, 2.45) is 0 Å². The fourth-order valence-corrected chi connectivity index (χ4v) is 3.57. The van der Waals surface area contributed by atoms with Gasteiger partial charge in [0, 0.05) is 17.3 Å². The Balaban J connectivity index is 1.49. The fraction of sp³-hybridized carbons (Fsp3) is 0.533. The monoisotopic (exact) mass is 303 g/mol. The Morgan fingerprint density at radius 3 is 3.10 bits per heavy atom. The molecule has 2 aliphatic rings. The van der Waals surface area contributed by atoms with Gasteiger partial charge in [-0.05, 0) is 37.1 Å². The van der Waals surface area contributed by atoms with Crippen molar-refractivity contribution in [1.82, 2.24) is 15.0 Å². The van der Waals surface area contributed by atoms with E-state index in [2.05, 4.69) is 10.1 Å². The SMILES string of the molecule is O=C(Cc1cccs1)N1CCCC1c1nc(C2CC2)no1. The Morgan fingerprint density at radius 1 is 1.43 bits per heavy atom. The third-order valence-corrected chi connectivity index (χ3v) is 5.04. The van der Waals surface area contributed by atoms with Gasteiger partial charge in [-0.1, -0.05) is 11.2 Å². The summed E-state index contributed by atoms with van der Waals surface area (Å²) in [6.45, 7) is 0.788. The second-order valence-corrected chi connectivity index (χ2v) is 6.80. The quantitative estimate of drug-likeness (QED) is 0.871. The van der Waals surface area contributed by atoms with Gasteiger partial charge in [0.1, 0.15) is 6.04 Å². The molecule has 0 N–H and O–H groups in total. The third kappa shape index (κ3) is 2.60. The molecule has 0 aromatic carbocycles. The van der Waals surface area contributed by atoms with Crippen molar-refractivity contribution >= 4 is 17.2 Å². The first-order chi connectivity index (χ1) is 10.3. The minimum atomic E-state index is -0.0301. The Bertz CT molecular complexity index is 633. The molecule has 1 saturated carbocycles. The summed E-state index contributed by atoms with van der Waals surface area (Å²) in [6, 6.07) is 3.96. The minimum absolute atomic E-state index is 0.0301. The lowest BCUT2D eigenvalue weighted by Crippen LogP contribution is -2.31. The molecule has 2 aromatic rings. The number of hydrogen-bond acceptors (Lipinski definition) is 5. The zero-order valence-electron chi connectivity index (χ0n) is 11.7. The van der Waals surface area contributed by atoms with E-state index in [0.29, 0.717) is 18.2 Å². The lowest BCUT2D eigenvalue weighted by Gasteiger charge is -2.21. The summed E-state index contributed by atoms with van der Waals surface area (Å²) in [4.78, 5) is 20.0. The number of rotatable bonds is 4. The van der Waals surface area contributed by atoms with E-state index in [9.17, 15) is 4.79 Å². The number of likely N-dealkylation sites (tertiary alicyclic amines) is 1. The van der Waals surface area contributed by atoms with E-state index in [1.807, 2.05) is 22.4 Å². The molecule has 4 rings (SSSR count). The van der Waals surface area contributed by atoms with E-state index in [1.54, 1.807) is 11.3 Å². The average Bonchev–Trinajstić information content (AvgIpc) is 2.94. The molecule has 110 valence electrons. The van der Waals surface area contributed by atoms with Crippen molar-refractivity contribution in [3.63, 3.8) is 0 Å². The molecule has 6 heteroatoms. The van der Waals surface area contributed by atoms with Gasteiger partial charge in [0.25, 0.3) is 0 Å². The summed E-state index contributed by atoms with van der Waals surface area (Å²) in [5.74, 6) is 2.08. The van der Waals surface area contributed by atoms with Crippen LogP contribution < -0.4 is 0 Å². The molecule has 3 heterocycles. The van der Waals surface area contributed by atoms with Crippen LogP contribution in [0.1, 0.15) is 54.2 Å². The molecule has 5 nitrogen and oxygen atoms in total. The van der Waals surface area contributed by atoms with Crippen LogP contribution in [0.4, 0.5) is 0 Å². The summed E-state index contributed by atoms with van der Waals surface area (Å²) in [6.07, 6.45) is 4.71. The Kier molecular flexibility index (Phi) is 3.25. The molecular weight excluding hydrogens is 286 g/mol. The zero-order chi connectivity index (χ0) is 14.2. The molecule has 0 spiro atoms. The molecule has 2 aromatic heterocycles. The number of amides is 1. The first-order valence-electron chi connectivity index (χ1n) is 7.46. The van der Waals surface area contributed by atoms with Gasteiger partial charge in [-0.2, -0.15) is 4.98 Å². The summed E-state index contributed by atoms with van der Waals surface area (Å²) in [5, 5.41) is 6.07. The van der Waals surface area contributed by atoms with Crippen LogP contribution in [0, 0.1) is 0 Å². The van der Waals surface area contributed by atoms with Crippen molar-refractivity contribution < 1.29 is 9.32 Å². The highest BCUT2D eigenvalue weighted by molar-refractivity contribution is 7.10. The zero-order valence-corrected chi connectivity index (χ0v) is 12.5. The van der Waals surface area contributed by atoms with Crippen molar-refractivity contribution in [2.45, 2.75) is 44.1 Å². The number of nitrogens with zero attached hydrogens (tertiary/aromatic N) is 3. The first-order valence-corrected chi connectivity index (χ1v) is 8.34. The topological polar surface area (TPSA) is 59.2 Å². The minimum Gasteiger partial charge on any atom is -0.337 e. The Labute approximate surface area is 127 Å². The molecule has 1 aliphatic heterocycles. The third-order valence-electron chi connectivity index (χ3n) is 4.16. The van der Waals surface area contributed by atoms with Crippen LogP contribution in [-0.2, 0) is 11.2 Å². The predicted octanol–water partition coefficient (Wildman–Crippen LogP) is 2.91. The average molecular weight is 303 g/mol. The molecule has 0 bridgehead atoms. The molecule has 1 atom stereocenters. The molecule has 1 saturated heterocycles. The normalized spacial score (nSPS) is 21.9. The van der Waals surface area contributed by atoms with Crippen molar-refractivity contribution in [3.8, 4) is 0 Å². The lowest BCUT2D eigenvalue weighted by atomic mass is 10.2. The van der Waals surface area contributed by atoms with Crippen LogP contribution in [0.15, 0.2) is 22.0 Å². The Morgan fingerprint density at radius 2 is 2.33 bits per heavy atom. The first kappa shape index (κ1) is 13.0. The van der Waals surface area contributed by atoms with E-state index in [-0.39, 0.29) is 11.9 Å². The van der Waals surface area contributed by atoms with Crippen LogP contribution >= 0.6 is 11.3 Å². The number of aromatic nitrogens is 2. The fourth-order valence-electron chi connectivity index (χ4n) is 2.88. The van der Waals surface area contributed by atoms with Crippen molar-refractivity contribution in [3.05, 3.63) is 34.1 Å². The molecule has 2 fully saturated rings. The summed E-state index contributed by atoms with van der Waals surface area (Å²) >= 11 is 1.62. The molecule has 0 radical (unpaired) electrons. The van der Waals surface area contributed by atoms with Gasteiger partial charge in [0.05, 0.1) is 6.42 Å². The summed E-state index contributed by atoms with van der Waals surface area (Å²) in [7, 11) is 0. The number of thiophene rings is 1. The van der Waals surface area contributed by atoms with Crippen LogP contribution in [0.3, 0.4) is 0 Å². The second-order valence-electron chi connectivity index (χ2n) is 5.77. The van der Waals surface area contributed by atoms with Crippen molar-refractivity contribution in [1.29, 1.82) is 0 Å². The summed E-state index contributed by atoms with van der Waals surface area (Å²) in [5.41, 5.74) is 0. The molecular formula is C15H17N3O2S. The van der Waals surface area contributed by atoms with Crippen LogP contribution in [0.5, 0.6) is 0 Å².